The van der Waals surface area contributed by atoms with E-state index in [0.29, 0.717) is 13.1 Å². The van der Waals surface area contributed by atoms with Crippen LogP contribution in [0.2, 0.25) is 0 Å². The van der Waals surface area contributed by atoms with Crippen molar-refractivity contribution < 1.29 is 10.2 Å². The van der Waals surface area contributed by atoms with Gasteiger partial charge >= 0.3 is 0 Å². The number of aliphatic hydroxyl groups excluding tert-OH is 2. The second-order valence-electron chi connectivity index (χ2n) is 16.2. The Labute approximate surface area is 384 Å². The molecule has 2 heterocycles. The molecule has 0 unspecified atom stereocenters. The number of hydrogen-bond donors (Lipinski definition) is 2. The quantitative estimate of drug-likeness (QED) is 0.0845. The SMILES string of the molecule is CCCCC1(CCCC)c2cc(C#Cc3ccc(/C=C/c4ccc(N(CC)CCO)cc4)s3)ccc2-c2ccc(C#Cc3ccc(/C=C/c4ccc(N(CC)CCO)cc4)s3)cc21. The van der Waals surface area contributed by atoms with Crippen molar-refractivity contribution in [2.45, 2.75) is 71.6 Å². The lowest BCUT2D eigenvalue weighted by Crippen LogP contribution is -2.25. The lowest BCUT2D eigenvalue weighted by Gasteiger charge is -2.33. The average Bonchev–Trinajstić information content (AvgIpc) is 4.05. The minimum Gasteiger partial charge on any atom is -0.395 e. The highest BCUT2D eigenvalue weighted by molar-refractivity contribution is 7.13. The van der Waals surface area contributed by atoms with Crippen LogP contribution in [-0.4, -0.2) is 49.6 Å². The number of likely N-dealkylation sites (N-methyl/N-ethyl adjacent to an activating group) is 2. The predicted octanol–water partition coefficient (Wildman–Crippen LogP) is 13.2. The number of nitrogens with zero attached hydrogens (tertiary/aromatic N) is 2. The van der Waals surface area contributed by atoms with E-state index in [1.165, 1.54) is 44.8 Å². The zero-order chi connectivity index (χ0) is 44.0. The standard InChI is InChI=1S/C57H60N2O2S2/c1-5-9-35-57(36-10-6-2)55-41-45(17-27-51-31-29-49(62-51)25-15-43-11-21-47(22-12-43)58(7-3)37-39-60)19-33-53(55)54-34-20-46(42-56(54)57)18-28-52-32-30-50(63-52)26-16-44-13-23-48(24-14-44)59(8-4)38-40-61/h11-16,19-26,29-34,41-42,60-61H,5-10,35-40H2,1-4H3/b25-15+,26-16+. The zero-order valence-electron chi connectivity index (χ0n) is 37.3. The molecule has 6 aromatic rings. The number of rotatable bonds is 18. The first kappa shape index (κ1) is 45.4. The van der Waals surface area contributed by atoms with Crippen molar-refractivity contribution in [3.63, 3.8) is 0 Å². The van der Waals surface area contributed by atoms with Crippen LogP contribution in [0, 0.1) is 23.7 Å². The van der Waals surface area contributed by atoms with Gasteiger partial charge in [-0.2, -0.15) is 0 Å². The molecular weight excluding hydrogens is 809 g/mol. The molecule has 0 saturated heterocycles. The summed E-state index contributed by atoms with van der Waals surface area (Å²) in [5, 5.41) is 18.8. The molecule has 0 atom stereocenters. The fourth-order valence-corrected chi connectivity index (χ4v) is 10.2. The smallest absolute Gasteiger partial charge is 0.0778 e. The fourth-order valence-electron chi connectivity index (χ4n) is 8.69. The number of fused-ring (bicyclic) bond motifs is 3. The minimum absolute atomic E-state index is 0.0639. The third-order valence-electron chi connectivity index (χ3n) is 12.1. The van der Waals surface area contributed by atoms with E-state index in [1.54, 1.807) is 22.7 Å². The van der Waals surface area contributed by atoms with Gasteiger partial charge in [-0.15, -0.1) is 22.7 Å². The molecule has 2 aromatic heterocycles. The maximum Gasteiger partial charge on any atom is 0.0778 e. The lowest BCUT2D eigenvalue weighted by molar-refractivity contribution is 0.302. The van der Waals surface area contributed by atoms with Crippen LogP contribution in [0.15, 0.2) is 109 Å². The highest BCUT2D eigenvalue weighted by atomic mass is 32.1. The molecule has 6 heteroatoms. The van der Waals surface area contributed by atoms with Crippen molar-refractivity contribution in [2.75, 3.05) is 49.2 Å². The molecule has 7 rings (SSSR count). The number of thiophene rings is 2. The molecule has 0 radical (unpaired) electrons. The number of benzene rings is 4. The number of anilines is 2. The van der Waals surface area contributed by atoms with Gasteiger partial charge in [-0.25, -0.2) is 0 Å². The Bertz CT molecular complexity index is 2440. The molecule has 1 aliphatic carbocycles. The van der Waals surface area contributed by atoms with Crippen LogP contribution in [0.3, 0.4) is 0 Å². The van der Waals surface area contributed by atoms with E-state index in [0.717, 1.165) is 82.2 Å². The van der Waals surface area contributed by atoms with Gasteiger partial charge in [-0.3, -0.25) is 0 Å². The van der Waals surface area contributed by atoms with Crippen LogP contribution in [0.1, 0.15) is 119 Å². The molecular formula is C57H60N2O2S2. The van der Waals surface area contributed by atoms with E-state index in [1.807, 2.05) is 0 Å². The van der Waals surface area contributed by atoms with Gasteiger partial charge in [0.2, 0.25) is 0 Å². The van der Waals surface area contributed by atoms with Crippen molar-refractivity contribution in [3.05, 3.63) is 162 Å². The van der Waals surface area contributed by atoms with Crippen LogP contribution >= 0.6 is 22.7 Å². The largest absolute Gasteiger partial charge is 0.395 e. The van der Waals surface area contributed by atoms with E-state index < -0.39 is 0 Å². The van der Waals surface area contributed by atoms with Crippen LogP contribution in [0.5, 0.6) is 0 Å². The monoisotopic (exact) mass is 868 g/mol. The first-order chi connectivity index (χ1) is 30.9. The van der Waals surface area contributed by atoms with E-state index in [2.05, 4.69) is 195 Å². The van der Waals surface area contributed by atoms with Crippen LogP contribution in [0.4, 0.5) is 11.4 Å². The summed E-state index contributed by atoms with van der Waals surface area (Å²) in [6, 6.07) is 39.4. The first-order valence-corrected chi connectivity index (χ1v) is 24.3. The number of aliphatic hydroxyl groups is 2. The van der Waals surface area contributed by atoms with Gasteiger partial charge in [0, 0.05) is 63.8 Å². The van der Waals surface area contributed by atoms with Crippen molar-refractivity contribution >= 4 is 58.4 Å². The Morgan fingerprint density at radius 1 is 0.508 bits per heavy atom. The van der Waals surface area contributed by atoms with Gasteiger partial charge in [0.05, 0.1) is 23.0 Å². The highest BCUT2D eigenvalue weighted by Crippen LogP contribution is 2.54. The number of unbranched alkanes of at least 4 members (excludes halogenated alkanes) is 2. The molecule has 0 fully saturated rings. The van der Waals surface area contributed by atoms with Crippen molar-refractivity contribution in [3.8, 4) is 34.8 Å². The van der Waals surface area contributed by atoms with Crippen molar-refractivity contribution in [2.24, 2.45) is 0 Å². The molecule has 4 nitrogen and oxygen atoms in total. The Balaban J connectivity index is 1.08. The van der Waals surface area contributed by atoms with Crippen molar-refractivity contribution in [1.82, 2.24) is 0 Å². The molecule has 0 spiro atoms. The lowest BCUT2D eigenvalue weighted by atomic mass is 9.70. The zero-order valence-corrected chi connectivity index (χ0v) is 38.9. The Kier molecular flexibility index (Phi) is 16.0. The minimum atomic E-state index is -0.0639. The van der Waals surface area contributed by atoms with Gasteiger partial charge in [-0.1, -0.05) is 112 Å². The first-order valence-electron chi connectivity index (χ1n) is 22.7. The highest BCUT2D eigenvalue weighted by Gasteiger charge is 2.42. The second-order valence-corrected chi connectivity index (χ2v) is 18.4. The normalized spacial score (nSPS) is 12.5. The third-order valence-corrected chi connectivity index (χ3v) is 14.0. The Hall–Kier alpha value is -5.60. The van der Waals surface area contributed by atoms with Gasteiger partial charge in [0.15, 0.2) is 0 Å². The summed E-state index contributed by atoms with van der Waals surface area (Å²) >= 11 is 3.44. The van der Waals surface area contributed by atoms with E-state index in [9.17, 15) is 10.2 Å². The van der Waals surface area contributed by atoms with E-state index >= 15 is 0 Å². The van der Waals surface area contributed by atoms with E-state index in [-0.39, 0.29) is 18.6 Å². The molecule has 0 amide bonds. The molecule has 63 heavy (non-hydrogen) atoms. The van der Waals surface area contributed by atoms with Gasteiger partial charge in [0.25, 0.3) is 0 Å². The third kappa shape index (κ3) is 11.1. The maximum atomic E-state index is 9.38. The molecule has 0 aliphatic heterocycles. The van der Waals surface area contributed by atoms with Gasteiger partial charge in [0.1, 0.15) is 0 Å². The summed E-state index contributed by atoms with van der Waals surface area (Å²) in [6.45, 7) is 12.1. The summed E-state index contributed by atoms with van der Waals surface area (Å²) in [5.74, 6) is 14.1. The Morgan fingerprint density at radius 2 is 0.937 bits per heavy atom. The van der Waals surface area contributed by atoms with Crippen LogP contribution in [-0.2, 0) is 5.41 Å². The van der Waals surface area contributed by atoms with Crippen molar-refractivity contribution in [1.29, 1.82) is 0 Å². The number of hydrogen-bond acceptors (Lipinski definition) is 6. The van der Waals surface area contributed by atoms with Gasteiger partial charge < -0.3 is 20.0 Å². The fraction of sp³-hybridized carbons (Fsp3) is 0.298. The summed E-state index contributed by atoms with van der Waals surface area (Å²) in [4.78, 5) is 8.81. The second kappa shape index (κ2) is 22.2. The Morgan fingerprint density at radius 3 is 1.32 bits per heavy atom. The summed E-state index contributed by atoms with van der Waals surface area (Å²) in [5.41, 5.74) is 12.1. The molecule has 0 bridgehead atoms. The molecule has 1 aliphatic rings. The topological polar surface area (TPSA) is 46.9 Å². The predicted molar refractivity (Wildman–Crippen MR) is 273 cm³/mol. The summed E-state index contributed by atoms with van der Waals surface area (Å²) in [6.07, 6.45) is 15.5. The molecule has 322 valence electrons. The van der Waals surface area contributed by atoms with Crippen LogP contribution in [0.25, 0.3) is 35.4 Å². The summed E-state index contributed by atoms with van der Waals surface area (Å²) in [7, 11) is 0. The molecule has 4 aromatic carbocycles. The van der Waals surface area contributed by atoms with Gasteiger partial charge in [-0.05, 0) is 145 Å². The molecule has 2 N–H and O–H groups in total. The molecule has 0 saturated carbocycles. The summed E-state index contributed by atoms with van der Waals surface area (Å²) < 4.78 is 0. The van der Waals surface area contributed by atoms with Crippen LogP contribution < -0.4 is 9.80 Å². The maximum absolute atomic E-state index is 9.38. The average molecular weight is 869 g/mol. The van der Waals surface area contributed by atoms with E-state index in [4.69, 9.17) is 0 Å².